The van der Waals surface area contributed by atoms with Gasteiger partial charge in [-0.1, -0.05) is 6.08 Å². The van der Waals surface area contributed by atoms with Gasteiger partial charge in [-0.2, -0.15) is 0 Å². The summed E-state index contributed by atoms with van der Waals surface area (Å²) >= 11 is 0. The summed E-state index contributed by atoms with van der Waals surface area (Å²) in [5.74, 6) is -0.312. The summed E-state index contributed by atoms with van der Waals surface area (Å²) in [6.45, 7) is 3.48. The zero-order chi connectivity index (χ0) is 15.6. The largest absolute Gasteiger partial charge is 0.393 e. The maximum atomic E-state index is 12.7. The fraction of sp³-hybridized carbons (Fsp3) is 0.429. The summed E-state index contributed by atoms with van der Waals surface area (Å²) in [4.78, 5) is 40.2. The second kappa shape index (κ2) is 5.90. The fourth-order valence-electron chi connectivity index (χ4n) is 2.47. The van der Waals surface area contributed by atoms with Crippen molar-refractivity contribution in [3.8, 4) is 0 Å². The van der Waals surface area contributed by atoms with E-state index in [0.29, 0.717) is 22.8 Å². The number of nitrogens with zero attached hydrogens (tertiary/aromatic N) is 2. The Bertz CT molecular complexity index is 764. The Balaban J connectivity index is 2.68. The smallest absolute Gasteiger partial charge is 0.263 e. The predicted molar refractivity (Wildman–Crippen MR) is 77.6 cm³/mol. The van der Waals surface area contributed by atoms with Gasteiger partial charge < -0.3 is 5.32 Å². The van der Waals surface area contributed by atoms with E-state index in [-0.39, 0.29) is 17.9 Å². The third-order valence-corrected chi connectivity index (χ3v) is 3.44. The number of hydrogen-bond donors (Lipinski definition) is 2. The first-order valence-corrected chi connectivity index (χ1v) is 6.76. The van der Waals surface area contributed by atoms with Crippen molar-refractivity contribution in [2.75, 3.05) is 7.05 Å². The molecule has 0 bridgehead atoms. The molecule has 1 fully saturated rings. The minimum Gasteiger partial charge on any atom is -0.393 e. The first kappa shape index (κ1) is 15.0. The van der Waals surface area contributed by atoms with Crippen molar-refractivity contribution in [1.82, 2.24) is 20.2 Å². The molecular weight excluding hydrogens is 272 g/mol. The molecule has 7 heteroatoms. The third kappa shape index (κ3) is 2.72. The number of carbonyl (C=O) groups is 2. The lowest BCUT2D eigenvalue weighted by Gasteiger charge is -2.24. The van der Waals surface area contributed by atoms with Crippen molar-refractivity contribution in [3.63, 3.8) is 0 Å². The molecule has 112 valence electrons. The summed E-state index contributed by atoms with van der Waals surface area (Å²) < 4.78 is 1.36. The molecule has 1 unspecified atom stereocenters. The normalized spacial score (nSPS) is 20.6. The number of hydrogen-bond acceptors (Lipinski definition) is 5. The lowest BCUT2D eigenvalue weighted by atomic mass is 10.1. The molecule has 1 aromatic heterocycles. The van der Waals surface area contributed by atoms with Gasteiger partial charge in [0.1, 0.15) is 11.9 Å². The van der Waals surface area contributed by atoms with Crippen LogP contribution in [0.5, 0.6) is 0 Å². The van der Waals surface area contributed by atoms with E-state index >= 15 is 0 Å². The topological polar surface area (TPSA) is 93.1 Å². The summed E-state index contributed by atoms with van der Waals surface area (Å²) in [5.41, 5.74) is -0.292. The molecule has 2 heterocycles. The first-order valence-electron chi connectivity index (χ1n) is 6.76. The zero-order valence-corrected chi connectivity index (χ0v) is 12.3. The second-order valence-electron chi connectivity index (χ2n) is 4.82. The highest BCUT2D eigenvalue weighted by Crippen LogP contribution is 2.16. The number of carbonyl (C=O) groups excluding carboxylic acids is 2. The van der Waals surface area contributed by atoms with Crippen molar-refractivity contribution >= 4 is 24.1 Å². The van der Waals surface area contributed by atoms with E-state index in [4.69, 9.17) is 0 Å². The van der Waals surface area contributed by atoms with Crippen LogP contribution in [-0.2, 0) is 9.59 Å². The molecule has 2 rings (SSSR count). The summed E-state index contributed by atoms with van der Waals surface area (Å²) in [6, 6.07) is -0.697. The Hall–Kier alpha value is -2.44. The van der Waals surface area contributed by atoms with Crippen LogP contribution in [-0.4, -0.2) is 28.4 Å². The van der Waals surface area contributed by atoms with Gasteiger partial charge in [-0.05, 0) is 20.3 Å². The lowest BCUT2D eigenvalue weighted by Crippen LogP contribution is -2.53. The summed E-state index contributed by atoms with van der Waals surface area (Å²) in [7, 11) is 1.69. The lowest BCUT2D eigenvalue weighted by molar-refractivity contribution is -0.135. The van der Waals surface area contributed by atoms with E-state index in [1.54, 1.807) is 33.2 Å². The number of imide groups is 1. The Labute approximate surface area is 121 Å². The van der Waals surface area contributed by atoms with Crippen molar-refractivity contribution in [1.29, 1.82) is 0 Å². The molecule has 1 atom stereocenters. The van der Waals surface area contributed by atoms with Gasteiger partial charge in [-0.25, -0.2) is 4.98 Å². The Morgan fingerprint density at radius 3 is 2.67 bits per heavy atom. The van der Waals surface area contributed by atoms with E-state index in [2.05, 4.69) is 15.6 Å². The maximum absolute atomic E-state index is 12.7. The molecule has 1 aromatic rings. The molecule has 0 spiro atoms. The summed E-state index contributed by atoms with van der Waals surface area (Å²) in [6.07, 6.45) is 3.83. The van der Waals surface area contributed by atoms with Crippen LogP contribution in [0, 0.1) is 6.92 Å². The predicted octanol–water partition coefficient (Wildman–Crippen LogP) is -1.71. The second-order valence-corrected chi connectivity index (χ2v) is 4.82. The van der Waals surface area contributed by atoms with Gasteiger partial charge in [0.05, 0.1) is 10.6 Å². The molecule has 2 N–H and O–H groups in total. The minimum absolute atomic E-state index is 0.217. The number of rotatable bonds is 2. The number of amides is 2. The minimum atomic E-state index is -0.697. The molecule has 0 aliphatic carbocycles. The Morgan fingerprint density at radius 1 is 1.38 bits per heavy atom. The molecule has 1 aliphatic heterocycles. The highest BCUT2D eigenvalue weighted by molar-refractivity contribution is 5.99. The third-order valence-electron chi connectivity index (χ3n) is 3.44. The average molecular weight is 290 g/mol. The molecule has 1 aliphatic rings. The number of nitrogens with one attached hydrogen (secondary N) is 2. The van der Waals surface area contributed by atoms with Gasteiger partial charge in [0.2, 0.25) is 11.8 Å². The average Bonchev–Trinajstić information content (AvgIpc) is 2.44. The van der Waals surface area contributed by atoms with Crippen molar-refractivity contribution < 1.29 is 9.59 Å². The van der Waals surface area contributed by atoms with E-state index in [1.807, 2.05) is 0 Å². The van der Waals surface area contributed by atoms with Crippen LogP contribution in [0.4, 0.5) is 0 Å². The maximum Gasteiger partial charge on any atom is 0.263 e. The van der Waals surface area contributed by atoms with Crippen molar-refractivity contribution in [2.45, 2.75) is 32.7 Å². The number of aromatic nitrogens is 2. The Kier molecular flexibility index (Phi) is 4.21. The van der Waals surface area contributed by atoms with Crippen LogP contribution >= 0.6 is 0 Å². The van der Waals surface area contributed by atoms with E-state index in [1.165, 1.54) is 4.57 Å². The van der Waals surface area contributed by atoms with Gasteiger partial charge in [-0.3, -0.25) is 24.3 Å². The number of aryl methyl sites for hydroxylation is 1. The van der Waals surface area contributed by atoms with Crippen LogP contribution in [0.1, 0.15) is 31.6 Å². The van der Waals surface area contributed by atoms with Gasteiger partial charge in [0.15, 0.2) is 0 Å². The quantitative estimate of drug-likeness (QED) is 0.633. The van der Waals surface area contributed by atoms with Crippen LogP contribution < -0.4 is 26.8 Å². The van der Waals surface area contributed by atoms with E-state index in [0.717, 1.165) is 0 Å². The zero-order valence-electron chi connectivity index (χ0n) is 12.3. The standard InChI is InChI=1S/C14H18N4O3/c1-4-10-9(7-15-3)14(21)18(8(2)16-10)11-5-6-12(19)17-13(11)20/h4,7,11,15H,5-6H2,1-3H3,(H,17,19,20)/b9-7+,10-4+. The number of piperidine rings is 1. The molecule has 21 heavy (non-hydrogen) atoms. The van der Waals surface area contributed by atoms with Gasteiger partial charge >= 0.3 is 0 Å². The van der Waals surface area contributed by atoms with Gasteiger partial charge in [0, 0.05) is 19.7 Å². The molecule has 0 aromatic carbocycles. The van der Waals surface area contributed by atoms with Gasteiger partial charge in [0.25, 0.3) is 5.56 Å². The highest BCUT2D eigenvalue weighted by Gasteiger charge is 2.30. The first-order chi connectivity index (χ1) is 9.99. The molecule has 0 radical (unpaired) electrons. The SMILES string of the molecule is C/C=c1/nc(C)n(C2CCC(=O)NC2=O)c(=O)/c1=C/NC. The highest BCUT2D eigenvalue weighted by atomic mass is 16.2. The molecule has 7 nitrogen and oxygen atoms in total. The van der Waals surface area contributed by atoms with E-state index < -0.39 is 11.9 Å². The fourth-order valence-corrected chi connectivity index (χ4v) is 2.47. The van der Waals surface area contributed by atoms with Crippen LogP contribution in [0.25, 0.3) is 12.3 Å². The van der Waals surface area contributed by atoms with E-state index in [9.17, 15) is 14.4 Å². The molecular formula is C14H18N4O3. The van der Waals surface area contributed by atoms with Crippen LogP contribution in [0.2, 0.25) is 0 Å². The summed E-state index contributed by atoms with van der Waals surface area (Å²) in [5, 5.41) is 6.04. The molecule has 2 amide bonds. The molecule has 0 saturated carbocycles. The monoisotopic (exact) mass is 290 g/mol. The molecule has 1 saturated heterocycles. The van der Waals surface area contributed by atoms with Crippen LogP contribution in [0.15, 0.2) is 4.79 Å². The van der Waals surface area contributed by atoms with Crippen molar-refractivity contribution in [3.05, 3.63) is 26.7 Å². The van der Waals surface area contributed by atoms with Crippen molar-refractivity contribution in [2.24, 2.45) is 0 Å². The Morgan fingerprint density at radius 2 is 2.10 bits per heavy atom. The van der Waals surface area contributed by atoms with Gasteiger partial charge in [-0.15, -0.1) is 0 Å². The van der Waals surface area contributed by atoms with Crippen LogP contribution in [0.3, 0.4) is 0 Å².